The van der Waals surface area contributed by atoms with Crippen LogP contribution in [0.2, 0.25) is 0 Å². The molecule has 23 heavy (non-hydrogen) atoms. The van der Waals surface area contributed by atoms with Gasteiger partial charge in [0.2, 0.25) is 5.91 Å². The Balaban J connectivity index is 0.00000264. The highest BCUT2D eigenvalue weighted by atomic mass is 127. The molecule has 5 nitrogen and oxygen atoms in total. The van der Waals surface area contributed by atoms with Gasteiger partial charge in [0.15, 0.2) is 5.96 Å². The first kappa shape index (κ1) is 19.0. The van der Waals surface area contributed by atoms with Crippen LogP contribution in [0.25, 0.3) is 0 Å². The molecule has 0 aliphatic carbocycles. The predicted molar refractivity (Wildman–Crippen MR) is 105 cm³/mol. The van der Waals surface area contributed by atoms with E-state index in [4.69, 9.17) is 0 Å². The Labute approximate surface area is 153 Å². The zero-order valence-corrected chi connectivity index (χ0v) is 15.3. The van der Waals surface area contributed by atoms with Crippen LogP contribution in [0.15, 0.2) is 65.7 Å². The Morgan fingerprint density at radius 3 is 2.17 bits per heavy atom. The van der Waals surface area contributed by atoms with E-state index in [0.717, 1.165) is 11.3 Å². The van der Waals surface area contributed by atoms with Gasteiger partial charge in [-0.25, -0.2) is 0 Å². The quantitative estimate of drug-likeness (QED) is 0.393. The normalized spacial score (nSPS) is 10.4. The van der Waals surface area contributed by atoms with Gasteiger partial charge in [0.25, 0.3) is 0 Å². The van der Waals surface area contributed by atoms with Crippen LogP contribution in [-0.4, -0.2) is 25.5 Å². The minimum atomic E-state index is -0.117. The van der Waals surface area contributed by atoms with Gasteiger partial charge < -0.3 is 16.0 Å². The van der Waals surface area contributed by atoms with Crippen molar-refractivity contribution in [1.82, 2.24) is 10.6 Å². The van der Waals surface area contributed by atoms with Gasteiger partial charge in [-0.2, -0.15) is 0 Å². The fourth-order valence-corrected chi connectivity index (χ4v) is 1.89. The Hall–Kier alpha value is -2.09. The number of nitrogens with zero attached hydrogens (tertiary/aromatic N) is 1. The van der Waals surface area contributed by atoms with Gasteiger partial charge in [-0.3, -0.25) is 9.79 Å². The Bertz CT molecular complexity index is 617. The molecular formula is C17H21IN4O. The van der Waals surface area contributed by atoms with Gasteiger partial charge in [0, 0.05) is 19.3 Å². The summed E-state index contributed by atoms with van der Waals surface area (Å²) in [5.41, 5.74) is 1.93. The smallest absolute Gasteiger partial charge is 0.243 e. The second-order valence-corrected chi connectivity index (χ2v) is 4.68. The average molecular weight is 424 g/mol. The number of benzene rings is 2. The molecular weight excluding hydrogens is 403 g/mol. The SMILES string of the molecule is CN=C(NCC(=O)Nc1ccccc1)NCc1ccccc1.I. The average Bonchev–Trinajstić information content (AvgIpc) is 2.57. The van der Waals surface area contributed by atoms with E-state index in [1.54, 1.807) is 7.05 Å². The second kappa shape index (κ2) is 10.6. The number of halogens is 1. The summed E-state index contributed by atoms with van der Waals surface area (Å²) >= 11 is 0. The molecule has 0 radical (unpaired) electrons. The molecule has 0 atom stereocenters. The molecule has 2 rings (SSSR count). The van der Waals surface area contributed by atoms with Gasteiger partial charge in [0.05, 0.1) is 6.54 Å². The van der Waals surface area contributed by atoms with E-state index < -0.39 is 0 Å². The van der Waals surface area contributed by atoms with Crippen LogP contribution < -0.4 is 16.0 Å². The highest BCUT2D eigenvalue weighted by Crippen LogP contribution is 2.03. The molecule has 0 aromatic heterocycles. The number of hydrogen-bond acceptors (Lipinski definition) is 2. The number of carbonyl (C=O) groups excluding carboxylic acids is 1. The fourth-order valence-electron chi connectivity index (χ4n) is 1.89. The first-order valence-electron chi connectivity index (χ1n) is 7.11. The van der Waals surface area contributed by atoms with Crippen LogP contribution in [0, 0.1) is 0 Å². The first-order valence-corrected chi connectivity index (χ1v) is 7.11. The van der Waals surface area contributed by atoms with Crippen molar-refractivity contribution in [3.8, 4) is 0 Å². The fraction of sp³-hybridized carbons (Fsp3) is 0.176. The summed E-state index contributed by atoms with van der Waals surface area (Å²) in [6.07, 6.45) is 0. The van der Waals surface area contributed by atoms with Crippen LogP contribution >= 0.6 is 24.0 Å². The van der Waals surface area contributed by atoms with Crippen molar-refractivity contribution in [3.63, 3.8) is 0 Å². The summed E-state index contributed by atoms with van der Waals surface area (Å²) in [5, 5.41) is 8.96. The molecule has 0 fully saturated rings. The van der Waals surface area contributed by atoms with Crippen LogP contribution in [0.1, 0.15) is 5.56 Å². The first-order chi connectivity index (χ1) is 10.8. The molecule has 0 aliphatic heterocycles. The summed E-state index contributed by atoms with van der Waals surface area (Å²) in [6, 6.07) is 19.4. The standard InChI is InChI=1S/C17H20N4O.HI/c1-18-17(19-12-14-8-4-2-5-9-14)20-13-16(22)21-15-10-6-3-7-11-15;/h2-11H,12-13H2,1H3,(H,21,22)(H2,18,19,20);1H. The van der Waals surface area contributed by atoms with Crippen molar-refractivity contribution in [1.29, 1.82) is 0 Å². The molecule has 1 amide bonds. The molecule has 0 spiro atoms. The number of nitrogens with one attached hydrogen (secondary N) is 3. The number of carbonyl (C=O) groups is 1. The Kier molecular flexibility index (Phi) is 8.74. The predicted octanol–water partition coefficient (Wildman–Crippen LogP) is 2.61. The van der Waals surface area contributed by atoms with Crippen molar-refractivity contribution in [3.05, 3.63) is 66.2 Å². The Morgan fingerprint density at radius 2 is 1.57 bits per heavy atom. The van der Waals surface area contributed by atoms with Crippen molar-refractivity contribution >= 4 is 41.5 Å². The number of aliphatic imine (C=N–C) groups is 1. The van der Waals surface area contributed by atoms with Gasteiger partial charge in [-0.05, 0) is 17.7 Å². The lowest BCUT2D eigenvalue weighted by molar-refractivity contribution is -0.115. The van der Waals surface area contributed by atoms with E-state index in [1.165, 1.54) is 0 Å². The lowest BCUT2D eigenvalue weighted by atomic mass is 10.2. The van der Waals surface area contributed by atoms with E-state index in [9.17, 15) is 4.79 Å². The second-order valence-electron chi connectivity index (χ2n) is 4.68. The van der Waals surface area contributed by atoms with Crippen LogP contribution in [-0.2, 0) is 11.3 Å². The zero-order chi connectivity index (χ0) is 15.6. The molecule has 0 aliphatic rings. The van der Waals surface area contributed by atoms with Crippen LogP contribution in [0.4, 0.5) is 5.69 Å². The molecule has 0 saturated heterocycles. The molecule has 6 heteroatoms. The maximum Gasteiger partial charge on any atom is 0.243 e. The van der Waals surface area contributed by atoms with E-state index in [0.29, 0.717) is 12.5 Å². The summed E-state index contributed by atoms with van der Waals surface area (Å²) in [7, 11) is 1.68. The number of guanidine groups is 1. The maximum absolute atomic E-state index is 11.9. The molecule has 0 unspecified atom stereocenters. The van der Waals surface area contributed by atoms with Crippen LogP contribution in [0.5, 0.6) is 0 Å². The molecule has 0 heterocycles. The summed E-state index contributed by atoms with van der Waals surface area (Å²) < 4.78 is 0. The van der Waals surface area contributed by atoms with E-state index >= 15 is 0 Å². The van der Waals surface area contributed by atoms with Gasteiger partial charge >= 0.3 is 0 Å². The maximum atomic E-state index is 11.9. The van der Waals surface area contributed by atoms with Crippen molar-refractivity contribution in [2.24, 2.45) is 4.99 Å². The number of para-hydroxylation sites is 1. The van der Waals surface area contributed by atoms with Gasteiger partial charge in [-0.1, -0.05) is 48.5 Å². The Morgan fingerprint density at radius 1 is 0.957 bits per heavy atom. The van der Waals surface area contributed by atoms with Gasteiger partial charge in [0.1, 0.15) is 0 Å². The zero-order valence-electron chi connectivity index (χ0n) is 13.0. The molecule has 0 bridgehead atoms. The van der Waals surface area contributed by atoms with Crippen molar-refractivity contribution in [2.75, 3.05) is 18.9 Å². The van der Waals surface area contributed by atoms with E-state index in [-0.39, 0.29) is 36.4 Å². The summed E-state index contributed by atoms with van der Waals surface area (Å²) in [4.78, 5) is 15.9. The lowest BCUT2D eigenvalue weighted by Gasteiger charge is -2.12. The third-order valence-electron chi connectivity index (χ3n) is 3.00. The van der Waals surface area contributed by atoms with Crippen molar-refractivity contribution in [2.45, 2.75) is 6.54 Å². The number of rotatable bonds is 5. The summed E-state index contributed by atoms with van der Waals surface area (Å²) in [6.45, 7) is 0.810. The molecule has 122 valence electrons. The molecule has 0 saturated carbocycles. The number of hydrogen-bond donors (Lipinski definition) is 3. The van der Waals surface area contributed by atoms with E-state index in [2.05, 4.69) is 20.9 Å². The lowest BCUT2D eigenvalue weighted by Crippen LogP contribution is -2.41. The molecule has 2 aromatic carbocycles. The minimum Gasteiger partial charge on any atom is -0.352 e. The monoisotopic (exact) mass is 424 g/mol. The molecule has 3 N–H and O–H groups in total. The molecule has 2 aromatic rings. The highest BCUT2D eigenvalue weighted by Gasteiger charge is 2.04. The highest BCUT2D eigenvalue weighted by molar-refractivity contribution is 14.0. The number of amides is 1. The largest absolute Gasteiger partial charge is 0.352 e. The van der Waals surface area contributed by atoms with Crippen LogP contribution in [0.3, 0.4) is 0 Å². The minimum absolute atomic E-state index is 0. The van der Waals surface area contributed by atoms with Crippen molar-refractivity contribution < 1.29 is 4.79 Å². The van der Waals surface area contributed by atoms with Gasteiger partial charge in [-0.15, -0.1) is 24.0 Å². The third kappa shape index (κ3) is 7.14. The summed E-state index contributed by atoms with van der Waals surface area (Å²) in [5.74, 6) is 0.473. The third-order valence-corrected chi connectivity index (χ3v) is 3.00. The number of anilines is 1. The van der Waals surface area contributed by atoms with E-state index in [1.807, 2.05) is 60.7 Å². The topological polar surface area (TPSA) is 65.5 Å².